The van der Waals surface area contributed by atoms with E-state index in [1.807, 2.05) is 41.5 Å². The van der Waals surface area contributed by atoms with E-state index in [4.69, 9.17) is 17.0 Å². The molecule has 6 heteroatoms. The van der Waals surface area contributed by atoms with Crippen LogP contribution in [-0.2, 0) is 6.54 Å². The predicted molar refractivity (Wildman–Crippen MR) is 111 cm³/mol. The molecule has 0 aliphatic carbocycles. The zero-order valence-electron chi connectivity index (χ0n) is 14.7. The number of hydrogen-bond acceptors (Lipinski definition) is 4. The van der Waals surface area contributed by atoms with Gasteiger partial charge in [0.15, 0.2) is 0 Å². The van der Waals surface area contributed by atoms with E-state index in [0.29, 0.717) is 34.5 Å². The number of hydrogen-bond donors (Lipinski definition) is 2. The van der Waals surface area contributed by atoms with Gasteiger partial charge in [-0.25, -0.2) is 4.98 Å². The van der Waals surface area contributed by atoms with Gasteiger partial charge in [0.05, 0.1) is 17.8 Å². The Kier molecular flexibility index (Phi) is 4.72. The van der Waals surface area contributed by atoms with Gasteiger partial charge in [-0.05, 0) is 24.6 Å². The molecule has 1 aliphatic rings. The third-order valence-corrected chi connectivity index (χ3v) is 5.65. The second-order valence-corrected chi connectivity index (χ2v) is 7.85. The average Bonchev–Trinajstić information content (AvgIpc) is 3.22. The van der Waals surface area contributed by atoms with Crippen LogP contribution in [0.5, 0.6) is 0 Å². The number of aliphatic hydroxyl groups excluding tert-OH is 1. The monoisotopic (exact) mass is 395 g/mol. The Morgan fingerprint density at radius 1 is 1.15 bits per heavy atom. The van der Waals surface area contributed by atoms with Crippen LogP contribution in [0, 0.1) is 12.3 Å². The van der Waals surface area contributed by atoms with Crippen LogP contribution in [0.4, 0.5) is 0 Å². The quantitative estimate of drug-likeness (QED) is 0.610. The molecule has 2 heterocycles. The highest BCUT2D eigenvalue weighted by Gasteiger charge is 2.30. The lowest BCUT2D eigenvalue weighted by Gasteiger charge is -2.18. The second-order valence-electron chi connectivity index (χ2n) is 6.56. The van der Waals surface area contributed by atoms with Gasteiger partial charge in [0.2, 0.25) is 0 Å². The van der Waals surface area contributed by atoms with E-state index in [9.17, 15) is 5.11 Å². The molecular formula is C21H18ClN3OS. The number of amidine groups is 1. The number of benzene rings is 2. The molecule has 0 fully saturated rings. The highest BCUT2D eigenvalue weighted by Crippen LogP contribution is 2.33. The molecule has 0 amide bonds. The molecule has 0 atom stereocenters. The predicted octanol–water partition coefficient (Wildman–Crippen LogP) is 5.53. The summed E-state index contributed by atoms with van der Waals surface area (Å²) in [5.41, 5.74) is 4.61. The number of aromatic nitrogens is 1. The van der Waals surface area contributed by atoms with E-state index < -0.39 is 0 Å². The summed E-state index contributed by atoms with van der Waals surface area (Å²) >= 11 is 7.38. The van der Waals surface area contributed by atoms with Gasteiger partial charge in [0.25, 0.3) is 0 Å². The Morgan fingerprint density at radius 3 is 2.56 bits per heavy atom. The molecule has 1 aromatic heterocycles. The van der Waals surface area contributed by atoms with Gasteiger partial charge in [-0.1, -0.05) is 53.6 Å². The topological polar surface area (TPSA) is 60.2 Å². The van der Waals surface area contributed by atoms with Gasteiger partial charge < -0.3 is 10.0 Å². The summed E-state index contributed by atoms with van der Waals surface area (Å²) in [7, 11) is 0. The van der Waals surface area contributed by atoms with Crippen LogP contribution in [0.25, 0.3) is 16.8 Å². The number of nitrogens with zero attached hydrogens (tertiary/aromatic N) is 2. The van der Waals surface area contributed by atoms with Gasteiger partial charge >= 0.3 is 0 Å². The number of aliphatic hydroxyl groups is 1. The van der Waals surface area contributed by atoms with Gasteiger partial charge in [-0.3, -0.25) is 5.41 Å². The van der Waals surface area contributed by atoms with E-state index >= 15 is 0 Å². The zero-order valence-corrected chi connectivity index (χ0v) is 16.3. The first-order chi connectivity index (χ1) is 13.0. The summed E-state index contributed by atoms with van der Waals surface area (Å²) in [6.07, 6.45) is 0. The summed E-state index contributed by atoms with van der Waals surface area (Å²) in [6, 6.07) is 15.7. The lowest BCUT2D eigenvalue weighted by molar-refractivity contribution is 0.347. The van der Waals surface area contributed by atoms with Gasteiger partial charge in [0, 0.05) is 22.5 Å². The van der Waals surface area contributed by atoms with E-state index in [2.05, 4.69) is 29.2 Å². The zero-order chi connectivity index (χ0) is 19.0. The van der Waals surface area contributed by atoms with Crippen molar-refractivity contribution >= 4 is 34.3 Å². The maximum Gasteiger partial charge on any atom is 0.135 e. The Bertz CT molecular complexity index is 1020. The molecule has 0 radical (unpaired) electrons. The fourth-order valence-electron chi connectivity index (χ4n) is 3.05. The lowest BCUT2D eigenvalue weighted by atomic mass is 10.1. The maximum atomic E-state index is 10.5. The molecule has 0 saturated heterocycles. The van der Waals surface area contributed by atoms with Crippen LogP contribution in [0.2, 0.25) is 5.02 Å². The van der Waals surface area contributed by atoms with Crippen molar-refractivity contribution in [3.8, 4) is 11.3 Å². The fourth-order valence-corrected chi connectivity index (χ4v) is 4.07. The van der Waals surface area contributed by atoms with Crippen molar-refractivity contribution in [3.05, 3.63) is 80.8 Å². The van der Waals surface area contributed by atoms with Crippen LogP contribution >= 0.6 is 22.9 Å². The van der Waals surface area contributed by atoms with E-state index in [1.54, 1.807) is 0 Å². The van der Waals surface area contributed by atoms with Crippen LogP contribution in [0.1, 0.15) is 16.1 Å². The molecule has 0 unspecified atom stereocenters. The van der Waals surface area contributed by atoms with E-state index in [-0.39, 0.29) is 5.76 Å². The molecule has 136 valence electrons. The minimum atomic E-state index is 0.198. The average molecular weight is 396 g/mol. The van der Waals surface area contributed by atoms with Crippen molar-refractivity contribution in [1.29, 1.82) is 5.41 Å². The van der Waals surface area contributed by atoms with Crippen molar-refractivity contribution < 1.29 is 5.11 Å². The van der Waals surface area contributed by atoms with E-state index in [0.717, 1.165) is 16.8 Å². The minimum absolute atomic E-state index is 0.198. The third-order valence-electron chi connectivity index (χ3n) is 4.53. The van der Waals surface area contributed by atoms with Crippen LogP contribution < -0.4 is 0 Å². The largest absolute Gasteiger partial charge is 0.510 e. The van der Waals surface area contributed by atoms with Crippen LogP contribution in [-0.4, -0.2) is 27.4 Å². The molecule has 4 rings (SSSR count). The third kappa shape index (κ3) is 3.61. The van der Waals surface area contributed by atoms with Gasteiger partial charge in [0.1, 0.15) is 16.6 Å². The van der Waals surface area contributed by atoms with Crippen molar-refractivity contribution in [2.24, 2.45) is 0 Å². The number of rotatable bonds is 4. The Morgan fingerprint density at radius 2 is 1.85 bits per heavy atom. The maximum absolute atomic E-state index is 10.5. The normalized spacial score (nSPS) is 14.3. The fraction of sp³-hybridized carbons (Fsp3) is 0.143. The van der Waals surface area contributed by atoms with Gasteiger partial charge in [-0.15, -0.1) is 11.3 Å². The molecule has 0 saturated carbocycles. The van der Waals surface area contributed by atoms with Crippen molar-refractivity contribution in [2.45, 2.75) is 13.5 Å². The number of aryl methyl sites for hydroxylation is 1. The Hall–Kier alpha value is -2.63. The molecular weight excluding hydrogens is 378 g/mol. The molecule has 0 spiro atoms. The molecule has 4 nitrogen and oxygen atoms in total. The highest BCUT2D eigenvalue weighted by atomic mass is 35.5. The molecule has 3 aromatic rings. The van der Waals surface area contributed by atoms with Crippen molar-refractivity contribution in [1.82, 2.24) is 9.88 Å². The molecule has 1 aliphatic heterocycles. The van der Waals surface area contributed by atoms with Crippen molar-refractivity contribution in [3.63, 3.8) is 0 Å². The highest BCUT2D eigenvalue weighted by molar-refractivity contribution is 7.11. The standard InChI is InChI=1S/C21H18ClN3OS/c1-13-2-4-14(5-3-13)10-25-11-18(26)19(20(25)23)21-24-17(12-27-21)15-6-8-16(22)9-7-15/h2-9,12,23,26H,10-11H2,1H3. The van der Waals surface area contributed by atoms with Crippen molar-refractivity contribution in [2.75, 3.05) is 6.54 Å². The van der Waals surface area contributed by atoms with Crippen LogP contribution in [0.3, 0.4) is 0 Å². The number of halogens is 1. The van der Waals surface area contributed by atoms with Crippen LogP contribution in [0.15, 0.2) is 59.7 Å². The first-order valence-corrected chi connectivity index (χ1v) is 9.80. The smallest absolute Gasteiger partial charge is 0.135 e. The SMILES string of the molecule is Cc1ccc(CN2CC(O)=C(c3nc(-c4ccc(Cl)cc4)cs3)C2=N)cc1. The minimum Gasteiger partial charge on any atom is -0.510 e. The number of thiazole rings is 1. The molecule has 2 N–H and O–H groups in total. The lowest BCUT2D eigenvalue weighted by Crippen LogP contribution is -2.26. The number of nitrogens with one attached hydrogen (secondary N) is 1. The summed E-state index contributed by atoms with van der Waals surface area (Å²) in [4.78, 5) is 6.50. The Balaban J connectivity index is 1.55. The summed E-state index contributed by atoms with van der Waals surface area (Å²) in [5.74, 6) is 0.509. The second kappa shape index (κ2) is 7.18. The molecule has 0 bridgehead atoms. The summed E-state index contributed by atoms with van der Waals surface area (Å²) in [6.45, 7) is 2.97. The molecule has 27 heavy (non-hydrogen) atoms. The Labute approximate surface area is 166 Å². The first-order valence-electron chi connectivity index (χ1n) is 8.54. The molecule has 2 aromatic carbocycles. The first kappa shape index (κ1) is 17.8. The van der Waals surface area contributed by atoms with E-state index in [1.165, 1.54) is 16.9 Å². The summed E-state index contributed by atoms with van der Waals surface area (Å²) in [5, 5.41) is 22.3. The van der Waals surface area contributed by atoms with Gasteiger partial charge in [-0.2, -0.15) is 0 Å². The summed E-state index contributed by atoms with van der Waals surface area (Å²) < 4.78 is 0.